The van der Waals surface area contributed by atoms with Gasteiger partial charge in [0, 0.05) is 5.39 Å². The van der Waals surface area contributed by atoms with Gasteiger partial charge < -0.3 is 14.8 Å². The highest BCUT2D eigenvalue weighted by Crippen LogP contribution is 2.28. The number of Topliss-reactive ketones (excluding diaryl/α,β-unsaturated/α-hetero) is 2. The van der Waals surface area contributed by atoms with Crippen LogP contribution in [0.2, 0.25) is 0 Å². The van der Waals surface area contributed by atoms with E-state index >= 15 is 0 Å². The highest BCUT2D eigenvalue weighted by molar-refractivity contribution is 6.38. The number of carbonyl (C=O) groups is 3. The fourth-order valence-corrected chi connectivity index (χ4v) is 2.37. The van der Waals surface area contributed by atoms with Crippen LogP contribution in [0.4, 0.5) is 0 Å². The zero-order valence-corrected chi connectivity index (χ0v) is 13.6. The molecule has 0 unspecified atom stereocenters. The van der Waals surface area contributed by atoms with E-state index in [9.17, 15) is 24.3 Å². The van der Waals surface area contributed by atoms with Gasteiger partial charge in [-0.3, -0.25) is 14.4 Å². The Hall–Kier alpha value is -2.96. The lowest BCUT2D eigenvalue weighted by Crippen LogP contribution is -2.25. The molecule has 7 nitrogen and oxygen atoms in total. The van der Waals surface area contributed by atoms with Gasteiger partial charge in [0.2, 0.25) is 5.78 Å². The largest absolute Gasteiger partial charge is 0.506 e. The lowest BCUT2D eigenvalue weighted by molar-refractivity contribution is -0.153. The predicted octanol–water partition coefficient (Wildman–Crippen LogP) is 1.56. The fourth-order valence-electron chi connectivity index (χ4n) is 2.37. The van der Waals surface area contributed by atoms with Crippen LogP contribution in [0, 0.1) is 13.8 Å². The average Bonchev–Trinajstić information content (AvgIpc) is 2.51. The van der Waals surface area contributed by atoms with E-state index in [-0.39, 0.29) is 6.61 Å². The minimum Gasteiger partial charge on any atom is -0.506 e. The van der Waals surface area contributed by atoms with Crippen LogP contribution in [0.25, 0.3) is 10.9 Å². The van der Waals surface area contributed by atoms with E-state index in [1.54, 1.807) is 19.1 Å². The van der Waals surface area contributed by atoms with Gasteiger partial charge in [-0.05, 0) is 38.0 Å². The first kappa shape index (κ1) is 17.4. The Morgan fingerprint density at radius 3 is 2.50 bits per heavy atom. The van der Waals surface area contributed by atoms with E-state index in [2.05, 4.69) is 9.72 Å². The van der Waals surface area contributed by atoms with Crippen molar-refractivity contribution in [2.75, 3.05) is 6.61 Å². The monoisotopic (exact) mass is 331 g/mol. The molecule has 1 aromatic carbocycles. The van der Waals surface area contributed by atoms with Crippen molar-refractivity contribution < 1.29 is 24.2 Å². The number of nitrogens with one attached hydrogen (secondary N) is 1. The molecule has 0 aliphatic carbocycles. The van der Waals surface area contributed by atoms with Gasteiger partial charge in [-0.25, -0.2) is 4.79 Å². The van der Waals surface area contributed by atoms with Crippen LogP contribution in [0.1, 0.15) is 34.8 Å². The molecule has 0 bridgehead atoms. The minimum absolute atomic E-state index is 0.000794. The topological polar surface area (TPSA) is 114 Å². The number of benzene rings is 1. The molecule has 0 saturated carbocycles. The molecule has 1 heterocycles. The zero-order valence-electron chi connectivity index (χ0n) is 13.6. The summed E-state index contributed by atoms with van der Waals surface area (Å²) in [6.07, 6.45) is -0.841. The van der Waals surface area contributed by atoms with Crippen LogP contribution in [0.5, 0.6) is 5.75 Å². The SMILES string of the molecule is CCOC(=O)C(=O)CC(=O)c1c(O)c2ccc(C)c(C)c2[nH]c1=O. The van der Waals surface area contributed by atoms with Crippen LogP contribution in [-0.2, 0) is 14.3 Å². The van der Waals surface area contributed by atoms with Gasteiger partial charge in [0.25, 0.3) is 5.56 Å². The van der Waals surface area contributed by atoms with Gasteiger partial charge in [0.15, 0.2) is 5.78 Å². The lowest BCUT2D eigenvalue weighted by atomic mass is 10.00. The number of aromatic amines is 1. The molecule has 0 saturated heterocycles. The Labute approximate surface area is 137 Å². The third-order valence-electron chi connectivity index (χ3n) is 3.80. The maximum absolute atomic E-state index is 12.2. The number of ketones is 2. The number of fused-ring (bicyclic) bond motifs is 1. The highest BCUT2D eigenvalue weighted by atomic mass is 16.5. The second-order valence-electron chi connectivity index (χ2n) is 5.35. The summed E-state index contributed by atoms with van der Waals surface area (Å²) in [5.74, 6) is -3.65. The van der Waals surface area contributed by atoms with Gasteiger partial charge in [0.1, 0.15) is 11.3 Å². The molecule has 0 spiro atoms. The smallest absolute Gasteiger partial charge is 0.375 e. The van der Waals surface area contributed by atoms with Gasteiger partial charge in [-0.15, -0.1) is 0 Å². The summed E-state index contributed by atoms with van der Waals surface area (Å²) in [5.41, 5.74) is 0.750. The molecule has 0 amide bonds. The maximum atomic E-state index is 12.2. The number of H-pyrrole nitrogens is 1. The van der Waals surface area contributed by atoms with Gasteiger partial charge in [0.05, 0.1) is 18.5 Å². The summed E-state index contributed by atoms with van der Waals surface area (Å²) in [6, 6.07) is 3.32. The van der Waals surface area contributed by atoms with Gasteiger partial charge >= 0.3 is 5.97 Å². The molecule has 126 valence electrons. The first-order valence-corrected chi connectivity index (χ1v) is 7.36. The molecular formula is C17H17NO6. The quantitative estimate of drug-likeness (QED) is 0.372. The molecular weight excluding hydrogens is 314 g/mol. The van der Waals surface area contributed by atoms with E-state index in [0.29, 0.717) is 10.9 Å². The van der Waals surface area contributed by atoms with Crippen molar-refractivity contribution in [1.29, 1.82) is 0 Å². The molecule has 1 aromatic heterocycles. The van der Waals surface area contributed by atoms with Crippen molar-refractivity contribution in [3.8, 4) is 5.75 Å². The standard InChI is InChI=1S/C17H17NO6/c1-4-24-17(23)12(20)7-11(19)13-15(21)10-6-5-8(2)9(3)14(10)18-16(13)22/h5-6H,4,7H2,1-3H3,(H2,18,21,22). The summed E-state index contributed by atoms with van der Waals surface area (Å²) in [6.45, 7) is 5.15. The highest BCUT2D eigenvalue weighted by Gasteiger charge is 2.25. The first-order valence-electron chi connectivity index (χ1n) is 7.36. The van der Waals surface area contributed by atoms with Crippen LogP contribution >= 0.6 is 0 Å². The molecule has 0 aliphatic rings. The van der Waals surface area contributed by atoms with E-state index in [0.717, 1.165) is 11.1 Å². The Morgan fingerprint density at radius 2 is 1.88 bits per heavy atom. The number of hydrogen-bond acceptors (Lipinski definition) is 6. The molecule has 2 aromatic rings. The van der Waals surface area contributed by atoms with E-state index in [4.69, 9.17) is 0 Å². The number of esters is 1. The van der Waals surface area contributed by atoms with E-state index in [1.807, 2.05) is 6.92 Å². The van der Waals surface area contributed by atoms with Crippen LogP contribution < -0.4 is 5.56 Å². The molecule has 24 heavy (non-hydrogen) atoms. The maximum Gasteiger partial charge on any atom is 0.375 e. The Morgan fingerprint density at radius 1 is 1.21 bits per heavy atom. The minimum atomic E-state index is -1.14. The first-order chi connectivity index (χ1) is 11.3. The second-order valence-corrected chi connectivity index (χ2v) is 5.35. The third kappa shape index (κ3) is 3.05. The summed E-state index contributed by atoms with van der Waals surface area (Å²) >= 11 is 0. The number of carbonyl (C=O) groups excluding carboxylic acids is 3. The molecule has 0 atom stereocenters. The molecule has 7 heteroatoms. The van der Waals surface area contributed by atoms with Crippen molar-refractivity contribution in [1.82, 2.24) is 4.98 Å². The molecule has 0 aliphatic heterocycles. The number of aryl methyl sites for hydroxylation is 2. The molecule has 2 N–H and O–H groups in total. The Balaban J connectivity index is 2.48. The van der Waals surface area contributed by atoms with Crippen molar-refractivity contribution in [2.24, 2.45) is 0 Å². The Bertz CT molecular complexity index is 909. The van der Waals surface area contributed by atoms with E-state index in [1.165, 1.54) is 6.92 Å². The average molecular weight is 331 g/mol. The van der Waals surface area contributed by atoms with Crippen LogP contribution in [-0.4, -0.2) is 34.2 Å². The number of aromatic hydroxyl groups is 1. The van der Waals surface area contributed by atoms with Crippen molar-refractivity contribution in [3.63, 3.8) is 0 Å². The lowest BCUT2D eigenvalue weighted by Gasteiger charge is -2.10. The summed E-state index contributed by atoms with van der Waals surface area (Å²) < 4.78 is 4.51. The summed E-state index contributed by atoms with van der Waals surface area (Å²) in [4.78, 5) is 49.8. The number of hydrogen-bond donors (Lipinski definition) is 2. The second kappa shape index (κ2) is 6.66. The van der Waals surface area contributed by atoms with Crippen molar-refractivity contribution in [2.45, 2.75) is 27.2 Å². The zero-order chi connectivity index (χ0) is 18.0. The van der Waals surface area contributed by atoms with Crippen molar-refractivity contribution in [3.05, 3.63) is 39.2 Å². The molecule has 0 radical (unpaired) electrons. The summed E-state index contributed by atoms with van der Waals surface area (Å²) in [5, 5.41) is 10.6. The van der Waals surface area contributed by atoms with Gasteiger partial charge in [-0.1, -0.05) is 6.07 Å². The molecule has 0 fully saturated rings. The normalized spacial score (nSPS) is 10.6. The van der Waals surface area contributed by atoms with Crippen molar-refractivity contribution >= 4 is 28.4 Å². The van der Waals surface area contributed by atoms with Crippen LogP contribution in [0.15, 0.2) is 16.9 Å². The number of ether oxygens (including phenoxy) is 1. The Kier molecular flexibility index (Phi) is 4.82. The predicted molar refractivity (Wildman–Crippen MR) is 86.3 cm³/mol. The van der Waals surface area contributed by atoms with Crippen LogP contribution in [0.3, 0.4) is 0 Å². The number of aromatic nitrogens is 1. The van der Waals surface area contributed by atoms with E-state index < -0.39 is 40.8 Å². The molecule has 2 rings (SSSR count). The summed E-state index contributed by atoms with van der Waals surface area (Å²) in [7, 11) is 0. The third-order valence-corrected chi connectivity index (χ3v) is 3.80. The number of pyridine rings is 1. The number of rotatable bonds is 5. The fraction of sp³-hybridized carbons (Fsp3) is 0.294. The van der Waals surface area contributed by atoms with Gasteiger partial charge in [-0.2, -0.15) is 0 Å².